The summed E-state index contributed by atoms with van der Waals surface area (Å²) < 4.78 is 0. The molecule has 7 rings (SSSR count). The van der Waals surface area contributed by atoms with Gasteiger partial charge in [-0.1, -0.05) is 13.0 Å². The number of likely N-dealkylation sites (N-methyl/N-ethyl adjacent to an activating group) is 1. The van der Waals surface area contributed by atoms with E-state index in [1.807, 2.05) is 0 Å². The van der Waals surface area contributed by atoms with Crippen LogP contribution in [0.1, 0.15) is 86.6 Å². The molecule has 0 spiro atoms. The summed E-state index contributed by atoms with van der Waals surface area (Å²) in [6.07, 6.45) is 6.69. The van der Waals surface area contributed by atoms with Crippen molar-refractivity contribution in [2.75, 3.05) is 32.1 Å². The summed E-state index contributed by atoms with van der Waals surface area (Å²) in [6.45, 7) is 1.65. The number of fused-ring (bicyclic) bond motifs is 3. The summed E-state index contributed by atoms with van der Waals surface area (Å²) in [5.41, 5.74) is 0.626. The van der Waals surface area contributed by atoms with Crippen molar-refractivity contribution in [3.63, 3.8) is 0 Å². The van der Waals surface area contributed by atoms with E-state index in [0.29, 0.717) is 6.42 Å². The molecule has 6 atom stereocenters. The minimum Gasteiger partial charge on any atom is -0.510 e. The standard InChI is InChI=1S/C53H63N4O10P/c1-32-36-27-28-37(46(60)41(36)47(61)42-40(32)48(62)44-45(57(2)3)49(63)43(52(54)66)51(65)53(44,67)50(42)64)56-39(59)29-30-55-38(58)26-18-7-5-4-6-8-19-31-68(33-20-12-9-13-21-33,34-22-14-10-15-23-34)35-24-16-11-17-25-35/h9-17,20-25,27-28,32,40,44-45,48,60,62-64,67-68H,4-8,18-19,26,29-31H2,1-3H3,(H2,54,66)(H,55,58)(H,56,59)/t32-,40+,44+,45-,48-,53-/m0/s1. The van der Waals surface area contributed by atoms with Crippen molar-refractivity contribution in [2.24, 2.45) is 17.6 Å². The number of unbranched alkanes of at least 4 members (excludes halogenated alkanes) is 6. The molecular formula is C53H63N4O10P. The predicted molar refractivity (Wildman–Crippen MR) is 264 cm³/mol. The number of rotatable bonds is 19. The van der Waals surface area contributed by atoms with E-state index < -0.39 is 94.6 Å². The number of nitrogens with one attached hydrogen (secondary N) is 2. The van der Waals surface area contributed by atoms with Crippen LogP contribution in [0, 0.1) is 11.8 Å². The van der Waals surface area contributed by atoms with E-state index in [4.69, 9.17) is 5.73 Å². The number of nitrogens with two attached hydrogens (primary N) is 1. The first kappa shape index (κ1) is 49.7. The van der Waals surface area contributed by atoms with Crippen LogP contribution in [0.15, 0.2) is 126 Å². The number of benzene rings is 4. The van der Waals surface area contributed by atoms with Gasteiger partial charge in [-0.3, -0.25) is 24.1 Å². The Morgan fingerprint density at radius 3 is 1.79 bits per heavy atom. The first-order valence-electron chi connectivity index (χ1n) is 23.5. The summed E-state index contributed by atoms with van der Waals surface area (Å²) in [4.78, 5) is 67.2. The Bertz CT molecular complexity index is 2510. The van der Waals surface area contributed by atoms with Crippen LogP contribution in [0.4, 0.5) is 5.69 Å². The van der Waals surface area contributed by atoms with Crippen molar-refractivity contribution in [3.05, 3.63) is 137 Å². The van der Waals surface area contributed by atoms with E-state index in [1.54, 1.807) is 6.92 Å². The number of Topliss-reactive ketones (excluding diaryl/α,β-unsaturated/α-hetero) is 2. The predicted octanol–water partition coefficient (Wildman–Crippen LogP) is 4.94. The third-order valence-corrected chi connectivity index (χ3v) is 19.4. The van der Waals surface area contributed by atoms with Gasteiger partial charge in [0.15, 0.2) is 17.1 Å². The van der Waals surface area contributed by atoms with Crippen molar-refractivity contribution < 1.29 is 49.5 Å². The molecule has 0 saturated carbocycles. The number of primary amides is 1. The molecule has 4 aromatic rings. The van der Waals surface area contributed by atoms with Gasteiger partial charge in [-0.2, -0.15) is 0 Å². The minimum absolute atomic E-state index is 0.0332. The third kappa shape index (κ3) is 9.22. The topological polar surface area (TPSA) is 240 Å². The molecule has 15 heteroatoms. The Labute approximate surface area is 397 Å². The summed E-state index contributed by atoms with van der Waals surface area (Å²) in [5.74, 6) is -10.8. The SMILES string of the molecule is C[C@H]1c2ccc(NC(=O)CCNC(=O)CCCCCCCCC[PH](c3ccccc3)(c3ccccc3)c3ccccc3)c(O)c2C(=O)C2=C(O)[C@]3(O)C(=O)C(C(N)=O)=C(O)[C@@H](N(C)C)[C@@H]3[C@@H](O)[C@@H]21. The number of phenols is 1. The van der Waals surface area contributed by atoms with Crippen LogP contribution in [0.5, 0.6) is 5.75 Å². The molecule has 360 valence electrons. The van der Waals surface area contributed by atoms with E-state index in [2.05, 4.69) is 102 Å². The molecule has 68 heavy (non-hydrogen) atoms. The average Bonchev–Trinajstić information content (AvgIpc) is 3.32. The number of amides is 3. The zero-order valence-corrected chi connectivity index (χ0v) is 39.8. The number of aliphatic hydroxyl groups excluding tert-OH is 3. The van der Waals surface area contributed by atoms with E-state index >= 15 is 0 Å². The van der Waals surface area contributed by atoms with E-state index in [9.17, 15) is 49.5 Å². The largest absolute Gasteiger partial charge is 0.510 e. The fourth-order valence-electron chi connectivity index (χ4n) is 11.0. The second-order valence-corrected chi connectivity index (χ2v) is 22.6. The van der Waals surface area contributed by atoms with Crippen molar-refractivity contribution in [1.82, 2.24) is 10.2 Å². The van der Waals surface area contributed by atoms with Crippen molar-refractivity contribution in [3.8, 4) is 5.75 Å². The van der Waals surface area contributed by atoms with Crippen LogP contribution in [-0.4, -0.2) is 104 Å². The van der Waals surface area contributed by atoms with Crippen LogP contribution in [-0.2, 0) is 19.2 Å². The fraction of sp³-hybridized carbons (Fsp3) is 0.377. The maximum absolute atomic E-state index is 14.2. The Kier molecular flexibility index (Phi) is 15.3. The summed E-state index contributed by atoms with van der Waals surface area (Å²) in [6, 6.07) is 34.4. The number of carbonyl (C=O) groups is 5. The van der Waals surface area contributed by atoms with Gasteiger partial charge >= 0.3 is 194 Å². The van der Waals surface area contributed by atoms with Crippen molar-refractivity contribution >= 4 is 58.2 Å². The van der Waals surface area contributed by atoms with Gasteiger partial charge in [0, 0.05) is 17.9 Å². The fourth-order valence-corrected chi connectivity index (χ4v) is 15.9. The molecule has 0 saturated heterocycles. The molecule has 0 unspecified atom stereocenters. The smallest absolute Gasteiger partial charge is 0.255 e. The number of aromatic hydroxyl groups is 1. The number of nitrogens with zero attached hydrogens (tertiary/aromatic N) is 1. The number of aliphatic hydroxyl groups is 4. The molecule has 0 heterocycles. The van der Waals surface area contributed by atoms with Crippen LogP contribution >= 0.6 is 7.26 Å². The molecule has 0 aromatic heterocycles. The Morgan fingerprint density at radius 1 is 0.735 bits per heavy atom. The minimum atomic E-state index is -3.04. The monoisotopic (exact) mass is 946 g/mol. The molecule has 14 nitrogen and oxygen atoms in total. The molecule has 0 bridgehead atoms. The van der Waals surface area contributed by atoms with Gasteiger partial charge in [-0.05, 0) is 31.6 Å². The number of hydrogen-bond acceptors (Lipinski definition) is 11. The molecule has 9 N–H and O–H groups in total. The molecule has 0 aliphatic heterocycles. The first-order chi connectivity index (χ1) is 32.6. The van der Waals surface area contributed by atoms with Gasteiger partial charge in [0.1, 0.15) is 17.1 Å². The molecule has 0 radical (unpaired) electrons. The van der Waals surface area contributed by atoms with Gasteiger partial charge in [0.05, 0.1) is 29.3 Å². The maximum atomic E-state index is 14.2. The van der Waals surface area contributed by atoms with E-state index in [0.717, 1.165) is 51.1 Å². The Hall–Kier alpha value is -6.18. The molecule has 3 amide bonds. The van der Waals surface area contributed by atoms with Gasteiger partial charge in [-0.15, -0.1) is 0 Å². The van der Waals surface area contributed by atoms with Crippen LogP contribution < -0.4 is 32.3 Å². The Balaban J connectivity index is 0.885. The van der Waals surface area contributed by atoms with Crippen LogP contribution in [0.25, 0.3) is 0 Å². The van der Waals surface area contributed by atoms with Gasteiger partial charge in [0.25, 0.3) is 5.91 Å². The second-order valence-electron chi connectivity index (χ2n) is 18.6. The van der Waals surface area contributed by atoms with E-state index in [1.165, 1.54) is 47.0 Å². The van der Waals surface area contributed by atoms with Crippen molar-refractivity contribution in [1.29, 1.82) is 0 Å². The maximum Gasteiger partial charge on any atom is 0.255 e. The zero-order chi connectivity index (χ0) is 48.9. The summed E-state index contributed by atoms with van der Waals surface area (Å²) in [5, 5.41) is 67.4. The van der Waals surface area contributed by atoms with Gasteiger partial charge in [-0.25, -0.2) is 0 Å². The molecule has 3 aliphatic carbocycles. The Morgan fingerprint density at radius 2 is 1.26 bits per heavy atom. The average molecular weight is 947 g/mol. The summed E-state index contributed by atoms with van der Waals surface area (Å²) >= 11 is 0. The number of ketones is 2. The first-order valence-corrected chi connectivity index (χ1v) is 25.7. The van der Waals surface area contributed by atoms with Crippen LogP contribution in [0.3, 0.4) is 0 Å². The number of anilines is 1. The molecular weight excluding hydrogens is 884 g/mol. The van der Waals surface area contributed by atoms with E-state index in [-0.39, 0.29) is 35.7 Å². The quantitative estimate of drug-likeness (QED) is 0.0271. The third-order valence-electron chi connectivity index (χ3n) is 14.3. The molecule has 4 aromatic carbocycles. The number of phenolic OH excluding ortho intramolecular Hbond substituents is 1. The van der Waals surface area contributed by atoms with Crippen LogP contribution in [0.2, 0.25) is 0 Å². The summed E-state index contributed by atoms with van der Waals surface area (Å²) in [7, 11) is 0.691. The van der Waals surface area contributed by atoms with Gasteiger partial charge in [0.2, 0.25) is 11.7 Å². The molecule has 3 aliphatic rings. The second kappa shape index (κ2) is 21.0. The van der Waals surface area contributed by atoms with Gasteiger partial charge < -0.3 is 36.6 Å². The van der Waals surface area contributed by atoms with Crippen molar-refractivity contribution in [2.45, 2.75) is 88.4 Å². The zero-order valence-electron chi connectivity index (χ0n) is 38.8. The molecule has 0 fully saturated rings. The number of hydrogen-bond donors (Lipinski definition) is 8. The number of carbonyl (C=O) groups excluding carboxylic acids is 5. The normalized spacial score (nSPS) is 22.6.